The van der Waals surface area contributed by atoms with Crippen LogP contribution in [0.3, 0.4) is 0 Å². The van der Waals surface area contributed by atoms with Gasteiger partial charge in [-0.1, -0.05) is 0 Å². The number of aliphatic hydroxyl groups excluding tert-OH is 8. The molecule has 0 aromatic rings. The topological polar surface area (TPSA) is 179 Å². The first-order valence-corrected chi connectivity index (χ1v) is 4.97. The van der Waals surface area contributed by atoms with Crippen LogP contribution < -0.4 is 0 Å². The fourth-order valence-electron chi connectivity index (χ4n) is 0.159. The van der Waals surface area contributed by atoms with Crippen molar-refractivity contribution in [1.82, 2.24) is 0 Å². The first-order chi connectivity index (χ1) is 8.42. The third-order valence-corrected chi connectivity index (χ3v) is 1.19. The van der Waals surface area contributed by atoms with Crippen molar-refractivity contribution in [1.29, 1.82) is 0 Å². The van der Waals surface area contributed by atoms with E-state index in [4.69, 9.17) is 40.9 Å². The summed E-state index contributed by atoms with van der Waals surface area (Å²) in [7, 11) is 0. The van der Waals surface area contributed by atoms with E-state index in [9.17, 15) is 4.79 Å². The van der Waals surface area contributed by atoms with Gasteiger partial charge in [-0.2, -0.15) is 0 Å². The van der Waals surface area contributed by atoms with Gasteiger partial charge in [0.05, 0.1) is 33.0 Å². The molecule has 0 saturated carbocycles. The van der Waals surface area contributed by atoms with Crippen LogP contribution in [0.15, 0.2) is 0 Å². The predicted octanol–water partition coefficient (Wildman–Crippen LogP) is -4.80. The summed E-state index contributed by atoms with van der Waals surface area (Å²) in [5, 5.41) is 63.9. The zero-order valence-corrected chi connectivity index (χ0v) is 9.83. The molecular formula is C9H22O9. The van der Waals surface area contributed by atoms with Crippen molar-refractivity contribution in [3.63, 3.8) is 0 Å². The third-order valence-electron chi connectivity index (χ3n) is 1.19. The maximum Gasteiger partial charge on any atom is 0.150 e. The minimum Gasteiger partial charge on any atom is -0.394 e. The van der Waals surface area contributed by atoms with Crippen LogP contribution in [-0.2, 0) is 4.79 Å². The van der Waals surface area contributed by atoms with Gasteiger partial charge in [-0.15, -0.1) is 0 Å². The summed E-state index contributed by atoms with van der Waals surface area (Å²) in [6.45, 7) is -1.94. The van der Waals surface area contributed by atoms with Crippen molar-refractivity contribution in [3.05, 3.63) is 0 Å². The van der Waals surface area contributed by atoms with Crippen molar-refractivity contribution in [2.24, 2.45) is 0 Å². The number of hydrogen-bond donors (Lipinski definition) is 8. The highest BCUT2D eigenvalue weighted by atomic mass is 16.4. The van der Waals surface area contributed by atoms with Crippen molar-refractivity contribution in [3.8, 4) is 0 Å². The Morgan fingerprint density at radius 3 is 0.944 bits per heavy atom. The first kappa shape index (κ1) is 22.5. The molecule has 9 nitrogen and oxygen atoms in total. The van der Waals surface area contributed by atoms with E-state index in [2.05, 4.69) is 0 Å². The summed E-state index contributed by atoms with van der Waals surface area (Å²) in [6.07, 6.45) is -2.82. The monoisotopic (exact) mass is 274 g/mol. The Balaban J connectivity index is -0.000000187. The molecule has 0 aliphatic carbocycles. The molecule has 0 amide bonds. The van der Waals surface area contributed by atoms with Gasteiger partial charge in [0, 0.05) is 0 Å². The van der Waals surface area contributed by atoms with Crippen LogP contribution in [0.4, 0.5) is 0 Å². The molecule has 0 aliphatic heterocycles. The number of aldehydes is 1. The van der Waals surface area contributed by atoms with Crippen LogP contribution in [0.1, 0.15) is 0 Å². The second kappa shape index (κ2) is 18.7. The molecule has 0 aliphatic rings. The molecule has 0 saturated heterocycles. The van der Waals surface area contributed by atoms with Gasteiger partial charge in [0.1, 0.15) is 18.3 Å². The van der Waals surface area contributed by atoms with E-state index < -0.39 is 24.9 Å². The van der Waals surface area contributed by atoms with Gasteiger partial charge in [0.2, 0.25) is 0 Å². The van der Waals surface area contributed by atoms with E-state index in [-0.39, 0.29) is 32.7 Å². The Kier molecular flexibility index (Phi) is 23.4. The molecule has 112 valence electrons. The minimum absolute atomic E-state index is 0.278. The number of rotatable bonds is 6. The molecule has 0 aromatic carbocycles. The average molecular weight is 274 g/mol. The molecule has 0 heterocycles. The first-order valence-electron chi connectivity index (χ1n) is 4.97. The molecule has 0 radical (unpaired) electrons. The van der Waals surface area contributed by atoms with Crippen molar-refractivity contribution in [2.45, 2.75) is 18.3 Å². The van der Waals surface area contributed by atoms with Crippen LogP contribution >= 0.6 is 0 Å². The zero-order valence-electron chi connectivity index (χ0n) is 9.83. The van der Waals surface area contributed by atoms with Gasteiger partial charge in [-0.05, 0) is 0 Å². The lowest BCUT2D eigenvalue weighted by atomic mass is 10.4. The molecule has 0 rings (SSSR count). The summed E-state index contributed by atoms with van der Waals surface area (Å²) in [4.78, 5) is 9.33. The van der Waals surface area contributed by atoms with E-state index in [1.807, 2.05) is 0 Å². The van der Waals surface area contributed by atoms with Gasteiger partial charge in [0.15, 0.2) is 6.29 Å². The molecular weight excluding hydrogens is 252 g/mol. The van der Waals surface area contributed by atoms with E-state index in [1.165, 1.54) is 0 Å². The van der Waals surface area contributed by atoms with Crippen molar-refractivity contribution >= 4 is 6.29 Å². The lowest BCUT2D eigenvalue weighted by molar-refractivity contribution is -0.116. The molecule has 1 unspecified atom stereocenters. The lowest BCUT2D eigenvalue weighted by Gasteiger charge is -1.96. The second-order valence-electron chi connectivity index (χ2n) is 2.92. The highest BCUT2D eigenvalue weighted by molar-refractivity contribution is 5.55. The molecule has 0 aromatic heterocycles. The summed E-state index contributed by atoms with van der Waals surface area (Å²) in [5.74, 6) is 0. The highest BCUT2D eigenvalue weighted by Gasteiger charge is 1.94. The van der Waals surface area contributed by atoms with Crippen LogP contribution in [0.5, 0.6) is 0 Å². The predicted molar refractivity (Wildman–Crippen MR) is 59.5 cm³/mol. The highest BCUT2D eigenvalue weighted by Crippen LogP contribution is 1.72. The molecule has 0 spiro atoms. The normalized spacial score (nSPS) is 11.2. The number of aliphatic hydroxyl groups is 8. The van der Waals surface area contributed by atoms with Crippen molar-refractivity contribution < 1.29 is 45.6 Å². The zero-order chi connectivity index (χ0) is 15.0. The van der Waals surface area contributed by atoms with Gasteiger partial charge in [-0.3, -0.25) is 0 Å². The Hall–Kier alpha value is -0.650. The fraction of sp³-hybridized carbons (Fsp3) is 0.889. The minimum atomic E-state index is -1.19. The maximum absolute atomic E-state index is 9.33. The Bertz CT molecular complexity index is 137. The fourth-order valence-corrected chi connectivity index (χ4v) is 0.159. The quantitative estimate of drug-likeness (QED) is 0.220. The maximum atomic E-state index is 9.33. The van der Waals surface area contributed by atoms with E-state index in [0.717, 1.165) is 0 Å². The summed E-state index contributed by atoms with van der Waals surface area (Å²) < 4.78 is 0. The molecule has 8 N–H and O–H groups in total. The molecule has 18 heavy (non-hydrogen) atoms. The van der Waals surface area contributed by atoms with Crippen LogP contribution in [0.2, 0.25) is 0 Å². The molecule has 1 atom stereocenters. The second-order valence-corrected chi connectivity index (χ2v) is 2.92. The molecule has 0 fully saturated rings. The average Bonchev–Trinajstić information content (AvgIpc) is 2.45. The van der Waals surface area contributed by atoms with E-state index >= 15 is 0 Å². The van der Waals surface area contributed by atoms with Gasteiger partial charge < -0.3 is 45.6 Å². The van der Waals surface area contributed by atoms with Crippen LogP contribution in [0.25, 0.3) is 0 Å². The third kappa shape index (κ3) is 24.5. The molecule has 9 heteroatoms. The summed E-state index contributed by atoms with van der Waals surface area (Å²) in [5.41, 5.74) is 0. The number of hydrogen-bond acceptors (Lipinski definition) is 9. The van der Waals surface area contributed by atoms with E-state index in [0.29, 0.717) is 0 Å². The standard InChI is InChI=1S/2C3H8O3.C3H6O3/c3*4-1-3(6)2-5/h2*3-6H,1-2H2;1,3,5-6H,2H2. The summed E-state index contributed by atoms with van der Waals surface area (Å²) >= 11 is 0. The van der Waals surface area contributed by atoms with Gasteiger partial charge in [-0.25, -0.2) is 0 Å². The van der Waals surface area contributed by atoms with E-state index in [1.54, 1.807) is 0 Å². The van der Waals surface area contributed by atoms with Crippen molar-refractivity contribution in [2.75, 3.05) is 33.0 Å². The smallest absolute Gasteiger partial charge is 0.150 e. The SMILES string of the molecule is O=CC(O)CO.OCC(O)CO.OCC(O)CO. The van der Waals surface area contributed by atoms with Gasteiger partial charge in [0.25, 0.3) is 0 Å². The Labute approximate surface area is 104 Å². The Morgan fingerprint density at radius 1 is 0.667 bits per heavy atom. The molecule has 0 bridgehead atoms. The summed E-state index contributed by atoms with van der Waals surface area (Å²) in [6, 6.07) is 0. The lowest BCUT2D eigenvalue weighted by Crippen LogP contribution is -2.15. The van der Waals surface area contributed by atoms with Gasteiger partial charge >= 0.3 is 0 Å². The number of carbonyl (C=O) groups is 1. The Morgan fingerprint density at radius 2 is 0.944 bits per heavy atom. The largest absolute Gasteiger partial charge is 0.394 e. The van der Waals surface area contributed by atoms with Crippen LogP contribution in [0, 0.1) is 0 Å². The number of carbonyl (C=O) groups excluding carboxylic acids is 1. The van der Waals surface area contributed by atoms with Crippen LogP contribution in [-0.4, -0.2) is 98.5 Å².